The lowest BCUT2D eigenvalue weighted by molar-refractivity contribution is 1.20. The van der Waals surface area contributed by atoms with Gasteiger partial charge in [0.05, 0.1) is 9.53 Å². The van der Waals surface area contributed by atoms with Crippen LogP contribution in [-0.4, -0.2) is 4.57 Å². The third kappa shape index (κ3) is 2.09. The Bertz CT molecular complexity index is 1710. The molecule has 0 aliphatic rings. The Morgan fingerprint density at radius 3 is 2.28 bits per heavy atom. The van der Waals surface area contributed by atoms with Gasteiger partial charge in [0.15, 0.2) is 0 Å². The van der Waals surface area contributed by atoms with Crippen molar-refractivity contribution in [3.05, 3.63) is 91.0 Å². The molecule has 0 saturated heterocycles. The second-order valence-electron chi connectivity index (χ2n) is 7.43. The number of para-hydroxylation sites is 1. The van der Waals surface area contributed by atoms with Crippen LogP contribution in [0, 0.1) is 0 Å². The molecule has 0 bridgehead atoms. The molecule has 3 aromatic heterocycles. The largest absolute Gasteiger partial charge is 0.301 e. The summed E-state index contributed by atoms with van der Waals surface area (Å²) in [7, 11) is 0. The van der Waals surface area contributed by atoms with E-state index in [1.165, 1.54) is 57.1 Å². The minimum atomic E-state index is 1.23. The summed E-state index contributed by atoms with van der Waals surface area (Å²) in [5.74, 6) is 0. The minimum absolute atomic E-state index is 1.23. The molecular weight excluding hydrogens is 390 g/mol. The van der Waals surface area contributed by atoms with Gasteiger partial charge in [0.25, 0.3) is 0 Å². The van der Waals surface area contributed by atoms with Crippen LogP contribution in [0.15, 0.2) is 91.0 Å². The zero-order valence-corrected chi connectivity index (χ0v) is 17.1. The van der Waals surface area contributed by atoms with E-state index >= 15 is 0 Å². The molecule has 0 aliphatic heterocycles. The first-order chi connectivity index (χ1) is 14.4. The Morgan fingerprint density at radius 1 is 0.586 bits per heavy atom. The average molecular weight is 406 g/mol. The number of fused-ring (bicyclic) bond motifs is 8. The lowest BCUT2D eigenvalue weighted by Crippen LogP contribution is -1.92. The predicted octanol–water partition coefficient (Wildman–Crippen LogP) is 8.37. The van der Waals surface area contributed by atoms with E-state index in [1.54, 1.807) is 0 Å². The van der Waals surface area contributed by atoms with Crippen LogP contribution in [0.25, 0.3) is 57.1 Å². The number of aromatic nitrogens is 1. The van der Waals surface area contributed by atoms with Crippen LogP contribution in [-0.2, 0) is 0 Å². The Morgan fingerprint density at radius 2 is 1.34 bits per heavy atom. The number of hydrogen-bond acceptors (Lipinski definition) is 2. The molecule has 0 unspecified atom stereocenters. The smallest absolute Gasteiger partial charge is 0.110 e. The van der Waals surface area contributed by atoms with Gasteiger partial charge < -0.3 is 4.57 Å². The first kappa shape index (κ1) is 15.7. The molecule has 0 saturated carbocycles. The third-order valence-corrected chi connectivity index (χ3v) is 8.26. The van der Waals surface area contributed by atoms with Crippen LogP contribution in [0.5, 0.6) is 0 Å². The molecule has 7 rings (SSSR count). The van der Waals surface area contributed by atoms with Crippen molar-refractivity contribution < 1.29 is 0 Å². The number of nitrogens with zero attached hydrogens (tertiary/aromatic N) is 1. The highest BCUT2D eigenvalue weighted by Gasteiger charge is 2.20. The van der Waals surface area contributed by atoms with Gasteiger partial charge in [0.2, 0.25) is 0 Å². The summed E-state index contributed by atoms with van der Waals surface area (Å²) in [5.41, 5.74) is 2.51. The van der Waals surface area contributed by atoms with Crippen LogP contribution in [0.2, 0.25) is 0 Å². The van der Waals surface area contributed by atoms with Gasteiger partial charge in [0, 0.05) is 31.9 Å². The molecule has 0 fully saturated rings. The second-order valence-corrected chi connectivity index (χ2v) is 9.74. The SMILES string of the molecule is c1ccc2cc(-n3c4ccccc4c4c5c(sc6ccccc65)sc43)ccc2c1. The number of benzene rings is 4. The average Bonchev–Trinajstić information content (AvgIpc) is 3.39. The van der Waals surface area contributed by atoms with Crippen molar-refractivity contribution in [2.45, 2.75) is 0 Å². The van der Waals surface area contributed by atoms with Crippen LogP contribution in [0.3, 0.4) is 0 Å². The van der Waals surface area contributed by atoms with Crippen molar-refractivity contribution in [2.75, 3.05) is 0 Å². The normalized spacial score (nSPS) is 12.1. The molecule has 4 aromatic carbocycles. The highest BCUT2D eigenvalue weighted by molar-refractivity contribution is 7.44. The molecule has 0 atom stereocenters. The van der Waals surface area contributed by atoms with Gasteiger partial charge in [-0.1, -0.05) is 66.7 Å². The van der Waals surface area contributed by atoms with Crippen molar-refractivity contribution >= 4 is 74.1 Å². The Hall–Kier alpha value is -3.14. The third-order valence-electron chi connectivity index (χ3n) is 5.83. The first-order valence-corrected chi connectivity index (χ1v) is 11.3. The molecule has 1 nitrogen and oxygen atoms in total. The van der Waals surface area contributed by atoms with E-state index in [0.29, 0.717) is 0 Å². The minimum Gasteiger partial charge on any atom is -0.301 e. The zero-order valence-electron chi connectivity index (χ0n) is 15.4. The van der Waals surface area contributed by atoms with Gasteiger partial charge in [-0.25, -0.2) is 0 Å². The van der Waals surface area contributed by atoms with Crippen LogP contribution < -0.4 is 0 Å². The van der Waals surface area contributed by atoms with Crippen LogP contribution in [0.1, 0.15) is 0 Å². The van der Waals surface area contributed by atoms with E-state index in [4.69, 9.17) is 0 Å². The molecule has 0 amide bonds. The summed E-state index contributed by atoms with van der Waals surface area (Å²) in [4.78, 5) is 1.34. The number of rotatable bonds is 1. The summed E-state index contributed by atoms with van der Waals surface area (Å²) in [5, 5.41) is 8.08. The van der Waals surface area contributed by atoms with Gasteiger partial charge in [-0.15, -0.1) is 22.7 Å². The summed E-state index contributed by atoms with van der Waals surface area (Å²) in [6.07, 6.45) is 0. The summed E-state index contributed by atoms with van der Waals surface area (Å²) < 4.78 is 5.23. The second kappa shape index (κ2) is 5.69. The molecular formula is C26H15NS2. The summed E-state index contributed by atoms with van der Waals surface area (Å²) >= 11 is 3.83. The van der Waals surface area contributed by atoms with Gasteiger partial charge in [-0.3, -0.25) is 0 Å². The molecule has 3 heterocycles. The maximum Gasteiger partial charge on any atom is 0.110 e. The van der Waals surface area contributed by atoms with Crippen LogP contribution in [0.4, 0.5) is 0 Å². The number of hydrogen-bond donors (Lipinski definition) is 0. The van der Waals surface area contributed by atoms with Gasteiger partial charge in [-0.05, 0) is 35.0 Å². The van der Waals surface area contributed by atoms with Crippen molar-refractivity contribution in [1.29, 1.82) is 0 Å². The fraction of sp³-hybridized carbons (Fsp3) is 0. The van der Waals surface area contributed by atoms with E-state index in [1.807, 2.05) is 22.7 Å². The van der Waals surface area contributed by atoms with E-state index in [2.05, 4.69) is 95.6 Å². The quantitative estimate of drug-likeness (QED) is 0.258. The molecule has 29 heavy (non-hydrogen) atoms. The fourth-order valence-electron chi connectivity index (χ4n) is 4.55. The number of thiophene rings is 2. The van der Waals surface area contributed by atoms with Crippen molar-refractivity contribution in [2.24, 2.45) is 0 Å². The van der Waals surface area contributed by atoms with E-state index in [-0.39, 0.29) is 0 Å². The zero-order chi connectivity index (χ0) is 18.9. The molecule has 0 aliphatic carbocycles. The lowest BCUT2D eigenvalue weighted by atomic mass is 10.1. The van der Waals surface area contributed by atoms with Gasteiger partial charge >= 0.3 is 0 Å². The van der Waals surface area contributed by atoms with E-state index < -0.39 is 0 Å². The lowest BCUT2D eigenvalue weighted by Gasteiger charge is -2.08. The van der Waals surface area contributed by atoms with E-state index in [0.717, 1.165) is 0 Å². The Balaban J connectivity index is 1.68. The monoisotopic (exact) mass is 405 g/mol. The summed E-state index contributed by atoms with van der Waals surface area (Å²) in [6.45, 7) is 0. The maximum atomic E-state index is 2.45. The molecule has 0 N–H and O–H groups in total. The standard InChI is InChI=1S/C26H15NS2/c1-2-8-17-15-18(14-13-16(17)7-1)27-21-11-5-3-9-19(21)23-24-20-10-4-6-12-22(20)28-26(24)29-25(23)27/h1-15H. The molecule has 7 aromatic rings. The fourth-order valence-corrected chi connectivity index (χ4v) is 7.26. The molecule has 0 spiro atoms. The van der Waals surface area contributed by atoms with Gasteiger partial charge in [-0.2, -0.15) is 0 Å². The Kier molecular flexibility index (Phi) is 3.09. The van der Waals surface area contributed by atoms with Gasteiger partial charge in [0.1, 0.15) is 4.83 Å². The highest BCUT2D eigenvalue weighted by Crippen LogP contribution is 2.48. The topological polar surface area (TPSA) is 4.93 Å². The maximum absolute atomic E-state index is 2.45. The highest BCUT2D eigenvalue weighted by atomic mass is 32.2. The van der Waals surface area contributed by atoms with Crippen molar-refractivity contribution in [1.82, 2.24) is 4.57 Å². The molecule has 136 valence electrons. The van der Waals surface area contributed by atoms with Crippen LogP contribution >= 0.6 is 22.7 Å². The van der Waals surface area contributed by atoms with Crippen molar-refractivity contribution in [3.63, 3.8) is 0 Å². The van der Waals surface area contributed by atoms with E-state index in [9.17, 15) is 0 Å². The predicted molar refractivity (Wildman–Crippen MR) is 129 cm³/mol. The first-order valence-electron chi connectivity index (χ1n) is 9.71. The molecule has 3 heteroatoms. The molecule has 0 radical (unpaired) electrons. The Labute approximate surface area is 175 Å². The van der Waals surface area contributed by atoms with Crippen molar-refractivity contribution in [3.8, 4) is 5.69 Å². The summed E-state index contributed by atoms with van der Waals surface area (Å²) in [6, 6.07) is 33.0.